The van der Waals surface area contributed by atoms with Gasteiger partial charge in [-0.2, -0.15) is 5.10 Å². The molecule has 1 atom stereocenters. The fourth-order valence-electron chi connectivity index (χ4n) is 1.97. The van der Waals surface area contributed by atoms with Gasteiger partial charge in [0, 0.05) is 18.8 Å². The molecule has 1 aromatic heterocycles. The number of nitrogens with zero attached hydrogens (tertiary/aromatic N) is 2. The molecule has 0 aromatic carbocycles. The third-order valence-corrected chi connectivity index (χ3v) is 2.60. The van der Waals surface area contributed by atoms with E-state index in [0.717, 1.165) is 19.5 Å². The first-order valence-corrected chi connectivity index (χ1v) is 5.17. The number of aryl methyl sites for hydroxylation is 1. The zero-order chi connectivity index (χ0) is 9.10. The summed E-state index contributed by atoms with van der Waals surface area (Å²) < 4.78 is 2.13. The van der Waals surface area contributed by atoms with Crippen LogP contribution in [0.5, 0.6) is 0 Å². The molecule has 2 heterocycles. The van der Waals surface area contributed by atoms with Crippen LogP contribution in [0.1, 0.15) is 37.9 Å². The molecule has 3 nitrogen and oxygen atoms in total. The maximum Gasteiger partial charge on any atom is 0.0553 e. The highest BCUT2D eigenvalue weighted by Gasteiger charge is 2.19. The number of hydrogen-bond donors (Lipinski definition) is 1. The zero-order valence-corrected chi connectivity index (χ0v) is 8.16. The lowest BCUT2D eigenvalue weighted by Gasteiger charge is -2.12. The van der Waals surface area contributed by atoms with Crippen molar-refractivity contribution in [1.29, 1.82) is 0 Å². The molecule has 1 fully saturated rings. The Balaban J connectivity index is 2.13. The van der Waals surface area contributed by atoms with E-state index in [9.17, 15) is 0 Å². The van der Waals surface area contributed by atoms with Crippen molar-refractivity contribution in [2.45, 2.75) is 38.8 Å². The fraction of sp³-hybridized carbons (Fsp3) is 0.700. The average Bonchev–Trinajstić information content (AvgIpc) is 2.71. The van der Waals surface area contributed by atoms with Crippen molar-refractivity contribution in [2.75, 3.05) is 6.54 Å². The minimum atomic E-state index is 0.550. The molecule has 0 saturated carbocycles. The van der Waals surface area contributed by atoms with E-state index < -0.39 is 0 Å². The lowest BCUT2D eigenvalue weighted by atomic mass is 10.1. The second kappa shape index (κ2) is 3.92. The largest absolute Gasteiger partial charge is 0.309 e. The summed E-state index contributed by atoms with van der Waals surface area (Å²) in [6.07, 6.45) is 5.61. The predicted molar refractivity (Wildman–Crippen MR) is 52.5 cm³/mol. The van der Waals surface area contributed by atoms with Gasteiger partial charge in [0.2, 0.25) is 0 Å². The number of rotatable bonds is 3. The molecule has 13 heavy (non-hydrogen) atoms. The van der Waals surface area contributed by atoms with Crippen LogP contribution < -0.4 is 5.32 Å². The molecule has 1 aliphatic rings. The molecular weight excluding hydrogens is 162 g/mol. The first-order chi connectivity index (χ1) is 6.42. The molecule has 0 amide bonds. The van der Waals surface area contributed by atoms with Gasteiger partial charge in [-0.3, -0.25) is 4.68 Å². The van der Waals surface area contributed by atoms with Crippen molar-refractivity contribution < 1.29 is 0 Å². The van der Waals surface area contributed by atoms with E-state index in [0.29, 0.717) is 6.04 Å². The maximum atomic E-state index is 4.33. The van der Waals surface area contributed by atoms with Crippen molar-refractivity contribution in [3.8, 4) is 0 Å². The topological polar surface area (TPSA) is 29.9 Å². The predicted octanol–water partition coefficient (Wildman–Crippen LogP) is 1.72. The molecule has 1 saturated heterocycles. The molecule has 0 bridgehead atoms. The van der Waals surface area contributed by atoms with Gasteiger partial charge >= 0.3 is 0 Å². The quantitative estimate of drug-likeness (QED) is 0.765. The van der Waals surface area contributed by atoms with Crippen LogP contribution in [-0.2, 0) is 6.54 Å². The Morgan fingerprint density at radius 3 is 3.31 bits per heavy atom. The van der Waals surface area contributed by atoms with Crippen LogP contribution in [0.2, 0.25) is 0 Å². The average molecular weight is 179 g/mol. The molecule has 0 spiro atoms. The van der Waals surface area contributed by atoms with Crippen LogP contribution in [0.25, 0.3) is 0 Å². The van der Waals surface area contributed by atoms with Crippen LogP contribution in [0, 0.1) is 0 Å². The summed E-state index contributed by atoms with van der Waals surface area (Å²) in [5, 5.41) is 7.82. The van der Waals surface area contributed by atoms with E-state index in [2.05, 4.69) is 28.1 Å². The summed E-state index contributed by atoms with van der Waals surface area (Å²) in [6, 6.07) is 2.69. The number of aromatic nitrogens is 2. The van der Waals surface area contributed by atoms with Crippen LogP contribution >= 0.6 is 0 Å². The summed E-state index contributed by atoms with van der Waals surface area (Å²) in [7, 11) is 0. The Morgan fingerprint density at radius 2 is 2.62 bits per heavy atom. The standard InChI is InChI=1S/C10H17N3/c1-2-8-13-10(5-7-12-13)9-4-3-6-11-9/h5,7,9,11H,2-4,6,8H2,1H3/t9-/m0/s1. The molecule has 0 radical (unpaired) electrons. The molecule has 2 rings (SSSR count). The lowest BCUT2D eigenvalue weighted by Crippen LogP contribution is -2.17. The highest BCUT2D eigenvalue weighted by Crippen LogP contribution is 2.22. The minimum absolute atomic E-state index is 0.550. The van der Waals surface area contributed by atoms with Gasteiger partial charge in [-0.15, -0.1) is 0 Å². The molecule has 1 aliphatic heterocycles. The molecule has 0 aliphatic carbocycles. The van der Waals surface area contributed by atoms with E-state index in [1.54, 1.807) is 0 Å². The van der Waals surface area contributed by atoms with Crippen molar-refractivity contribution in [1.82, 2.24) is 15.1 Å². The normalized spacial score (nSPS) is 22.4. The maximum absolute atomic E-state index is 4.33. The van der Waals surface area contributed by atoms with Crippen molar-refractivity contribution in [3.05, 3.63) is 18.0 Å². The van der Waals surface area contributed by atoms with Crippen molar-refractivity contribution in [2.24, 2.45) is 0 Å². The SMILES string of the molecule is CCCn1nccc1[C@@H]1CCCN1. The second-order valence-corrected chi connectivity index (χ2v) is 3.63. The van der Waals surface area contributed by atoms with Crippen LogP contribution in [0.15, 0.2) is 12.3 Å². The van der Waals surface area contributed by atoms with Crippen LogP contribution in [0.4, 0.5) is 0 Å². The zero-order valence-electron chi connectivity index (χ0n) is 8.16. The van der Waals surface area contributed by atoms with Crippen LogP contribution in [0.3, 0.4) is 0 Å². The first kappa shape index (κ1) is 8.75. The molecular formula is C10H17N3. The van der Waals surface area contributed by atoms with Gasteiger partial charge in [0.15, 0.2) is 0 Å². The molecule has 1 N–H and O–H groups in total. The van der Waals surface area contributed by atoms with Gasteiger partial charge in [-0.05, 0) is 31.9 Å². The van der Waals surface area contributed by atoms with E-state index in [4.69, 9.17) is 0 Å². The third-order valence-electron chi connectivity index (χ3n) is 2.60. The third kappa shape index (κ3) is 1.75. The Morgan fingerprint density at radius 1 is 1.69 bits per heavy atom. The highest BCUT2D eigenvalue weighted by atomic mass is 15.3. The highest BCUT2D eigenvalue weighted by molar-refractivity contribution is 5.08. The van der Waals surface area contributed by atoms with Crippen LogP contribution in [-0.4, -0.2) is 16.3 Å². The summed E-state index contributed by atoms with van der Waals surface area (Å²) in [5.74, 6) is 0. The number of nitrogens with one attached hydrogen (secondary N) is 1. The summed E-state index contributed by atoms with van der Waals surface area (Å²) in [4.78, 5) is 0. The van der Waals surface area contributed by atoms with Gasteiger partial charge in [0.25, 0.3) is 0 Å². The van der Waals surface area contributed by atoms with Crippen molar-refractivity contribution >= 4 is 0 Å². The Labute approximate surface area is 79.1 Å². The summed E-state index contributed by atoms with van der Waals surface area (Å²) >= 11 is 0. The summed E-state index contributed by atoms with van der Waals surface area (Å²) in [6.45, 7) is 4.38. The molecule has 72 valence electrons. The smallest absolute Gasteiger partial charge is 0.0553 e. The van der Waals surface area contributed by atoms with E-state index in [-0.39, 0.29) is 0 Å². The van der Waals surface area contributed by atoms with Gasteiger partial charge in [0.1, 0.15) is 0 Å². The Hall–Kier alpha value is -0.830. The van der Waals surface area contributed by atoms with Gasteiger partial charge in [-0.1, -0.05) is 6.92 Å². The first-order valence-electron chi connectivity index (χ1n) is 5.17. The monoisotopic (exact) mass is 179 g/mol. The number of hydrogen-bond acceptors (Lipinski definition) is 2. The molecule has 0 unspecified atom stereocenters. The minimum Gasteiger partial charge on any atom is -0.309 e. The van der Waals surface area contributed by atoms with Crippen molar-refractivity contribution in [3.63, 3.8) is 0 Å². The van der Waals surface area contributed by atoms with Gasteiger partial charge in [0.05, 0.1) is 5.69 Å². The Kier molecular flexibility index (Phi) is 2.64. The van der Waals surface area contributed by atoms with Gasteiger partial charge < -0.3 is 5.32 Å². The second-order valence-electron chi connectivity index (χ2n) is 3.63. The summed E-state index contributed by atoms with van der Waals surface area (Å²) in [5.41, 5.74) is 1.36. The fourth-order valence-corrected chi connectivity index (χ4v) is 1.97. The Bertz CT molecular complexity index is 261. The molecule has 1 aromatic rings. The van der Waals surface area contributed by atoms with E-state index in [1.807, 2.05) is 6.20 Å². The van der Waals surface area contributed by atoms with Gasteiger partial charge in [-0.25, -0.2) is 0 Å². The van der Waals surface area contributed by atoms with E-state index in [1.165, 1.54) is 18.5 Å². The lowest BCUT2D eigenvalue weighted by molar-refractivity contribution is 0.517. The molecule has 3 heteroatoms. The van der Waals surface area contributed by atoms with E-state index >= 15 is 0 Å².